The summed E-state index contributed by atoms with van der Waals surface area (Å²) in [6.07, 6.45) is 6.50. The quantitative estimate of drug-likeness (QED) is 0.687. The van der Waals surface area contributed by atoms with Crippen LogP contribution in [0.15, 0.2) is 0 Å². The lowest BCUT2D eigenvalue weighted by Crippen LogP contribution is -2.50. The molecule has 112 valence electrons. The molecule has 0 aromatic heterocycles. The van der Waals surface area contributed by atoms with Crippen LogP contribution < -0.4 is 11.1 Å². The number of nitrogens with zero attached hydrogens (tertiary/aromatic N) is 1. The topological polar surface area (TPSA) is 95.7 Å². The molecule has 2 saturated carbocycles. The van der Waals surface area contributed by atoms with Crippen molar-refractivity contribution in [2.75, 3.05) is 19.6 Å². The van der Waals surface area contributed by atoms with Crippen molar-refractivity contribution in [2.24, 2.45) is 17.1 Å². The number of aliphatic hydroxyl groups is 1. The Kier molecular flexibility index (Phi) is 3.16. The molecule has 0 bridgehead atoms. The van der Waals surface area contributed by atoms with Gasteiger partial charge in [0, 0.05) is 19.5 Å². The number of carbonyl (C=O) groups excluding carboxylic acids is 2. The van der Waals surface area contributed by atoms with Crippen molar-refractivity contribution in [1.29, 1.82) is 0 Å². The minimum Gasteiger partial charge on any atom is -0.378 e. The van der Waals surface area contributed by atoms with Gasteiger partial charge >= 0.3 is 6.03 Å². The molecule has 3 amide bonds. The molecule has 4 N–H and O–H groups in total. The van der Waals surface area contributed by atoms with Gasteiger partial charge in [0.2, 0.25) is 0 Å². The number of rotatable bonds is 4. The molecule has 1 heterocycles. The lowest BCUT2D eigenvalue weighted by Gasteiger charge is -2.43. The largest absolute Gasteiger partial charge is 0.378 e. The molecule has 1 aliphatic heterocycles. The fourth-order valence-electron chi connectivity index (χ4n) is 3.59. The van der Waals surface area contributed by atoms with Gasteiger partial charge in [-0.15, -0.1) is 0 Å². The Balaban J connectivity index is 1.51. The van der Waals surface area contributed by atoms with E-state index in [1.54, 1.807) is 0 Å². The van der Waals surface area contributed by atoms with Crippen LogP contribution in [-0.4, -0.2) is 47.2 Å². The summed E-state index contributed by atoms with van der Waals surface area (Å²) < 4.78 is 0. The SMILES string of the molecule is NC(=O)C1(O)CCN(C(=O)NCC2(C3CC3)CCC2)C1. The van der Waals surface area contributed by atoms with E-state index in [2.05, 4.69) is 5.32 Å². The highest BCUT2D eigenvalue weighted by Crippen LogP contribution is 2.56. The van der Waals surface area contributed by atoms with Crippen LogP contribution in [0.2, 0.25) is 0 Å². The van der Waals surface area contributed by atoms with Gasteiger partial charge in [0.15, 0.2) is 5.60 Å². The van der Waals surface area contributed by atoms with Crippen molar-refractivity contribution in [3.05, 3.63) is 0 Å². The highest BCUT2D eigenvalue weighted by molar-refractivity contribution is 5.85. The average molecular weight is 281 g/mol. The van der Waals surface area contributed by atoms with Gasteiger partial charge in [0.25, 0.3) is 5.91 Å². The van der Waals surface area contributed by atoms with Crippen LogP contribution in [0.4, 0.5) is 4.79 Å². The fraction of sp³-hybridized carbons (Fsp3) is 0.857. The second-order valence-electron chi connectivity index (χ2n) is 6.72. The monoisotopic (exact) mass is 281 g/mol. The summed E-state index contributed by atoms with van der Waals surface area (Å²) in [5.74, 6) is 0.0407. The van der Waals surface area contributed by atoms with E-state index in [4.69, 9.17) is 5.73 Å². The van der Waals surface area contributed by atoms with E-state index in [0.29, 0.717) is 12.0 Å². The molecular weight excluding hydrogens is 258 g/mol. The maximum atomic E-state index is 12.1. The lowest BCUT2D eigenvalue weighted by molar-refractivity contribution is -0.134. The zero-order chi connectivity index (χ0) is 14.4. The van der Waals surface area contributed by atoms with E-state index in [-0.39, 0.29) is 19.0 Å². The minimum atomic E-state index is -1.55. The van der Waals surface area contributed by atoms with Crippen LogP contribution in [-0.2, 0) is 4.79 Å². The number of primary amides is 1. The van der Waals surface area contributed by atoms with E-state index < -0.39 is 11.5 Å². The number of hydrogen-bond donors (Lipinski definition) is 3. The Morgan fingerprint density at radius 1 is 1.30 bits per heavy atom. The number of urea groups is 1. The Morgan fingerprint density at radius 2 is 2.00 bits per heavy atom. The summed E-state index contributed by atoms with van der Waals surface area (Å²) >= 11 is 0. The van der Waals surface area contributed by atoms with Gasteiger partial charge in [-0.2, -0.15) is 0 Å². The smallest absolute Gasteiger partial charge is 0.317 e. The summed E-state index contributed by atoms with van der Waals surface area (Å²) in [5.41, 5.74) is 3.94. The van der Waals surface area contributed by atoms with Gasteiger partial charge in [-0.25, -0.2) is 4.79 Å². The molecule has 0 radical (unpaired) electrons. The maximum absolute atomic E-state index is 12.1. The minimum absolute atomic E-state index is 0.00456. The molecule has 0 spiro atoms. The number of nitrogens with one attached hydrogen (secondary N) is 1. The second kappa shape index (κ2) is 4.62. The first-order valence-electron chi connectivity index (χ1n) is 7.50. The first kappa shape index (κ1) is 13.7. The first-order chi connectivity index (χ1) is 9.45. The van der Waals surface area contributed by atoms with Gasteiger partial charge in [0.1, 0.15) is 0 Å². The van der Waals surface area contributed by atoms with Crippen LogP contribution in [0.1, 0.15) is 38.5 Å². The number of hydrogen-bond acceptors (Lipinski definition) is 3. The van der Waals surface area contributed by atoms with E-state index in [1.165, 1.54) is 37.0 Å². The van der Waals surface area contributed by atoms with Crippen molar-refractivity contribution in [1.82, 2.24) is 10.2 Å². The summed E-state index contributed by atoms with van der Waals surface area (Å²) in [4.78, 5) is 24.8. The van der Waals surface area contributed by atoms with Crippen LogP contribution in [0.3, 0.4) is 0 Å². The Bertz CT molecular complexity index is 431. The van der Waals surface area contributed by atoms with Crippen molar-refractivity contribution < 1.29 is 14.7 Å². The molecule has 6 heteroatoms. The van der Waals surface area contributed by atoms with E-state index in [9.17, 15) is 14.7 Å². The summed E-state index contributed by atoms with van der Waals surface area (Å²) in [7, 11) is 0. The molecule has 3 aliphatic rings. The molecule has 0 aromatic rings. The standard InChI is InChI=1S/C14H23N3O3/c15-11(18)14(20)6-7-17(9-14)12(19)16-8-13(4-1-5-13)10-2-3-10/h10,20H,1-9H2,(H2,15,18)(H,16,19). The van der Waals surface area contributed by atoms with Gasteiger partial charge < -0.3 is 21.1 Å². The number of carbonyl (C=O) groups is 2. The van der Waals surface area contributed by atoms with Crippen molar-refractivity contribution in [2.45, 2.75) is 44.1 Å². The third-order valence-electron chi connectivity index (χ3n) is 5.38. The Labute approximate surface area is 118 Å². The van der Waals surface area contributed by atoms with Crippen molar-refractivity contribution in [3.63, 3.8) is 0 Å². The zero-order valence-electron chi connectivity index (χ0n) is 11.7. The normalized spacial score (nSPS) is 31.8. The highest BCUT2D eigenvalue weighted by Gasteiger charge is 2.49. The van der Waals surface area contributed by atoms with Gasteiger partial charge in [0.05, 0.1) is 6.54 Å². The molecule has 0 aromatic carbocycles. The zero-order valence-corrected chi connectivity index (χ0v) is 11.7. The third kappa shape index (κ3) is 2.26. The Morgan fingerprint density at radius 3 is 2.45 bits per heavy atom. The average Bonchev–Trinajstić information content (AvgIpc) is 3.11. The Hall–Kier alpha value is -1.30. The molecule has 3 rings (SSSR count). The van der Waals surface area contributed by atoms with Gasteiger partial charge in [-0.3, -0.25) is 4.79 Å². The molecule has 2 aliphatic carbocycles. The highest BCUT2D eigenvalue weighted by atomic mass is 16.3. The van der Waals surface area contributed by atoms with Crippen molar-refractivity contribution >= 4 is 11.9 Å². The molecule has 20 heavy (non-hydrogen) atoms. The van der Waals surface area contributed by atoms with E-state index >= 15 is 0 Å². The predicted molar refractivity (Wildman–Crippen MR) is 72.7 cm³/mol. The summed E-state index contributed by atoms with van der Waals surface area (Å²) in [5, 5.41) is 13.0. The summed E-state index contributed by atoms with van der Waals surface area (Å²) in [6, 6.07) is -0.186. The number of β-amino-alcohol motifs (C(OH)–C–C–N with tert-alkyl or cyclic N) is 1. The predicted octanol–water partition coefficient (Wildman–Crippen LogP) is 0.198. The van der Waals surface area contributed by atoms with Gasteiger partial charge in [-0.05, 0) is 37.0 Å². The molecule has 1 saturated heterocycles. The summed E-state index contributed by atoms with van der Waals surface area (Å²) in [6.45, 7) is 1.11. The number of likely N-dealkylation sites (tertiary alicyclic amines) is 1. The number of amides is 3. The van der Waals surface area contributed by atoms with Gasteiger partial charge in [-0.1, -0.05) is 6.42 Å². The fourth-order valence-corrected chi connectivity index (χ4v) is 3.59. The molecule has 6 nitrogen and oxygen atoms in total. The van der Waals surface area contributed by atoms with Crippen LogP contribution in [0.5, 0.6) is 0 Å². The third-order valence-corrected chi connectivity index (χ3v) is 5.38. The second-order valence-corrected chi connectivity index (χ2v) is 6.72. The first-order valence-corrected chi connectivity index (χ1v) is 7.50. The van der Waals surface area contributed by atoms with E-state index in [0.717, 1.165) is 12.5 Å². The van der Waals surface area contributed by atoms with E-state index in [1.807, 2.05) is 0 Å². The molecule has 3 fully saturated rings. The molecule has 1 atom stereocenters. The van der Waals surface area contributed by atoms with Crippen LogP contribution in [0.25, 0.3) is 0 Å². The number of nitrogens with two attached hydrogens (primary N) is 1. The van der Waals surface area contributed by atoms with Crippen LogP contribution >= 0.6 is 0 Å². The molecular formula is C14H23N3O3. The maximum Gasteiger partial charge on any atom is 0.317 e. The van der Waals surface area contributed by atoms with Crippen molar-refractivity contribution in [3.8, 4) is 0 Å². The molecule has 1 unspecified atom stereocenters. The van der Waals surface area contributed by atoms with Crippen LogP contribution in [0, 0.1) is 11.3 Å². The lowest BCUT2D eigenvalue weighted by atomic mass is 9.65.